The Morgan fingerprint density at radius 2 is 1.94 bits per heavy atom. The number of nitrogens with zero attached hydrogens (tertiary/aromatic N) is 1. The zero-order valence-electron chi connectivity index (χ0n) is 10.6. The van der Waals surface area contributed by atoms with Gasteiger partial charge < -0.3 is 5.32 Å². The van der Waals surface area contributed by atoms with Crippen molar-refractivity contribution >= 4 is 33.3 Å². The van der Waals surface area contributed by atoms with E-state index in [9.17, 15) is 0 Å². The maximum atomic E-state index is 5.86. The Balaban J connectivity index is 2.00. The minimum Gasteiger partial charge on any atom is -0.369 e. The molecule has 1 N–H and O–H groups in total. The van der Waals surface area contributed by atoms with Gasteiger partial charge in [-0.15, -0.1) is 0 Å². The first-order valence-corrected chi connectivity index (χ1v) is 6.99. The molecule has 4 heteroatoms. The lowest BCUT2D eigenvalue weighted by Crippen LogP contribution is -2.09. The van der Waals surface area contributed by atoms with E-state index in [1.165, 1.54) is 0 Å². The third-order valence-electron chi connectivity index (χ3n) is 4.60. The van der Waals surface area contributed by atoms with Gasteiger partial charge in [-0.1, -0.05) is 39.3 Å². The Morgan fingerprint density at radius 1 is 1.35 bits per heavy atom. The van der Waals surface area contributed by atoms with Crippen LogP contribution in [0.2, 0.25) is 5.02 Å². The first kappa shape index (κ1) is 13.2. The molecular weight excluding hydrogens is 300 g/mol. The zero-order chi connectivity index (χ0) is 12.8. The molecule has 0 bridgehead atoms. The van der Waals surface area contributed by atoms with Crippen molar-refractivity contribution in [2.45, 2.75) is 27.7 Å². The molecule has 0 spiro atoms. The van der Waals surface area contributed by atoms with Crippen molar-refractivity contribution in [1.82, 2.24) is 4.98 Å². The van der Waals surface area contributed by atoms with E-state index in [1.807, 2.05) is 6.07 Å². The van der Waals surface area contributed by atoms with Crippen molar-refractivity contribution in [2.24, 2.45) is 16.7 Å². The number of hydrogen-bond acceptors (Lipinski definition) is 2. The van der Waals surface area contributed by atoms with Crippen LogP contribution in [-0.4, -0.2) is 11.5 Å². The monoisotopic (exact) mass is 316 g/mol. The number of nitrogens with one attached hydrogen (secondary N) is 1. The van der Waals surface area contributed by atoms with E-state index in [-0.39, 0.29) is 0 Å². The second-order valence-electron chi connectivity index (χ2n) is 5.86. The number of hydrogen-bond donors (Lipinski definition) is 1. The summed E-state index contributed by atoms with van der Waals surface area (Å²) >= 11 is 9.33. The second kappa shape index (κ2) is 4.13. The fourth-order valence-corrected chi connectivity index (χ4v) is 3.37. The summed E-state index contributed by atoms with van der Waals surface area (Å²) in [5.74, 6) is 1.55. The molecule has 0 unspecified atom stereocenters. The normalized spacial score (nSPS) is 21.3. The van der Waals surface area contributed by atoms with E-state index in [0.717, 1.165) is 16.8 Å². The van der Waals surface area contributed by atoms with Crippen LogP contribution in [0.3, 0.4) is 0 Å². The van der Waals surface area contributed by atoms with Gasteiger partial charge in [-0.25, -0.2) is 4.98 Å². The number of aromatic nitrogens is 1. The van der Waals surface area contributed by atoms with E-state index in [4.69, 9.17) is 11.6 Å². The largest absolute Gasteiger partial charge is 0.369 e. The first-order chi connectivity index (χ1) is 7.76. The molecule has 17 heavy (non-hydrogen) atoms. The quantitative estimate of drug-likeness (QED) is 0.882. The standard InChI is InChI=1S/C13H18BrClN2/c1-12(2)10(13(12,3)4)7-17-11-9(14)5-8(15)6-16-11/h5-6,10H,7H2,1-4H3,(H,16,17). The van der Waals surface area contributed by atoms with Crippen molar-refractivity contribution < 1.29 is 0 Å². The molecule has 2 nitrogen and oxygen atoms in total. The lowest BCUT2D eigenvalue weighted by atomic mass is 10.0. The first-order valence-electron chi connectivity index (χ1n) is 5.81. The molecule has 0 amide bonds. The van der Waals surface area contributed by atoms with Crippen LogP contribution in [0.15, 0.2) is 16.7 Å². The van der Waals surface area contributed by atoms with E-state index in [1.54, 1.807) is 6.20 Å². The summed E-state index contributed by atoms with van der Waals surface area (Å²) < 4.78 is 0.918. The lowest BCUT2D eigenvalue weighted by molar-refractivity contribution is 0.457. The third kappa shape index (κ3) is 2.19. The topological polar surface area (TPSA) is 24.9 Å². The summed E-state index contributed by atoms with van der Waals surface area (Å²) in [6, 6.07) is 1.86. The van der Waals surface area contributed by atoms with Gasteiger partial charge in [-0.2, -0.15) is 0 Å². The predicted molar refractivity (Wildman–Crippen MR) is 76.5 cm³/mol. The highest BCUT2D eigenvalue weighted by Gasteiger charge is 2.64. The Labute approximate surface area is 116 Å². The third-order valence-corrected chi connectivity index (χ3v) is 5.41. The van der Waals surface area contributed by atoms with Crippen LogP contribution in [0, 0.1) is 16.7 Å². The highest BCUT2D eigenvalue weighted by Crippen LogP contribution is 2.68. The van der Waals surface area contributed by atoms with Crippen LogP contribution in [0.5, 0.6) is 0 Å². The van der Waals surface area contributed by atoms with Gasteiger partial charge in [-0.05, 0) is 38.7 Å². The van der Waals surface area contributed by atoms with Gasteiger partial charge in [0.25, 0.3) is 0 Å². The van der Waals surface area contributed by atoms with Crippen LogP contribution in [0.4, 0.5) is 5.82 Å². The summed E-state index contributed by atoms with van der Waals surface area (Å²) in [6.07, 6.45) is 1.66. The molecule has 0 aromatic carbocycles. The maximum Gasteiger partial charge on any atom is 0.140 e. The molecule has 1 aliphatic rings. The Hall–Kier alpha value is -0.280. The number of anilines is 1. The van der Waals surface area contributed by atoms with Crippen molar-refractivity contribution in [1.29, 1.82) is 0 Å². The minimum atomic E-state index is 0.402. The molecule has 1 aromatic rings. The van der Waals surface area contributed by atoms with Gasteiger partial charge in [0, 0.05) is 12.7 Å². The summed E-state index contributed by atoms with van der Waals surface area (Å²) in [4.78, 5) is 4.28. The average Bonchev–Trinajstić information content (AvgIpc) is 2.58. The molecule has 1 aromatic heterocycles. The van der Waals surface area contributed by atoms with E-state index < -0.39 is 0 Å². The van der Waals surface area contributed by atoms with Gasteiger partial charge in [0.1, 0.15) is 5.82 Å². The molecule has 0 atom stereocenters. The summed E-state index contributed by atoms with van der Waals surface area (Å²) in [5, 5.41) is 4.04. The number of rotatable bonds is 3. The average molecular weight is 318 g/mol. The highest BCUT2D eigenvalue weighted by molar-refractivity contribution is 9.10. The molecule has 94 valence electrons. The molecular formula is C13H18BrClN2. The zero-order valence-corrected chi connectivity index (χ0v) is 13.0. The van der Waals surface area contributed by atoms with E-state index >= 15 is 0 Å². The molecule has 1 fully saturated rings. The summed E-state index contributed by atoms with van der Waals surface area (Å²) in [7, 11) is 0. The van der Waals surface area contributed by atoms with Crippen molar-refractivity contribution in [3.05, 3.63) is 21.8 Å². The van der Waals surface area contributed by atoms with E-state index in [2.05, 4.69) is 53.9 Å². The van der Waals surface area contributed by atoms with Gasteiger partial charge in [0.05, 0.1) is 9.50 Å². The van der Waals surface area contributed by atoms with Crippen LogP contribution < -0.4 is 5.32 Å². The Kier molecular flexibility index (Phi) is 3.20. The molecule has 0 radical (unpaired) electrons. The van der Waals surface area contributed by atoms with Gasteiger partial charge >= 0.3 is 0 Å². The fraction of sp³-hybridized carbons (Fsp3) is 0.615. The Bertz CT molecular complexity index is 429. The number of halogens is 2. The Morgan fingerprint density at radius 3 is 2.41 bits per heavy atom. The van der Waals surface area contributed by atoms with Crippen molar-refractivity contribution in [3.8, 4) is 0 Å². The number of pyridine rings is 1. The molecule has 1 heterocycles. The van der Waals surface area contributed by atoms with Gasteiger partial charge in [0.15, 0.2) is 0 Å². The van der Waals surface area contributed by atoms with Crippen LogP contribution in [0.25, 0.3) is 0 Å². The summed E-state index contributed by atoms with van der Waals surface area (Å²) in [5.41, 5.74) is 0.803. The van der Waals surface area contributed by atoms with Crippen LogP contribution in [-0.2, 0) is 0 Å². The van der Waals surface area contributed by atoms with Crippen molar-refractivity contribution in [2.75, 3.05) is 11.9 Å². The minimum absolute atomic E-state index is 0.402. The van der Waals surface area contributed by atoms with E-state index in [0.29, 0.717) is 21.8 Å². The van der Waals surface area contributed by atoms with Gasteiger partial charge in [-0.3, -0.25) is 0 Å². The molecule has 2 rings (SSSR count). The predicted octanol–water partition coefficient (Wildman–Crippen LogP) is 4.59. The maximum absolute atomic E-state index is 5.86. The molecule has 1 saturated carbocycles. The molecule has 0 saturated heterocycles. The van der Waals surface area contributed by atoms with Gasteiger partial charge in [0.2, 0.25) is 0 Å². The lowest BCUT2D eigenvalue weighted by Gasteiger charge is -2.08. The van der Waals surface area contributed by atoms with Crippen molar-refractivity contribution in [3.63, 3.8) is 0 Å². The molecule has 0 aliphatic heterocycles. The summed E-state index contributed by atoms with van der Waals surface area (Å²) in [6.45, 7) is 10.2. The highest BCUT2D eigenvalue weighted by atomic mass is 79.9. The van der Waals surface area contributed by atoms with Crippen LogP contribution in [0.1, 0.15) is 27.7 Å². The SMILES string of the molecule is CC1(C)C(CNc2ncc(Cl)cc2Br)C1(C)C. The van der Waals surface area contributed by atoms with Crippen LogP contribution >= 0.6 is 27.5 Å². The fourth-order valence-electron chi connectivity index (χ4n) is 2.59. The smallest absolute Gasteiger partial charge is 0.140 e. The molecule has 1 aliphatic carbocycles. The second-order valence-corrected chi connectivity index (χ2v) is 7.15.